The lowest BCUT2D eigenvalue weighted by atomic mass is 10.2. The van der Waals surface area contributed by atoms with Crippen LogP contribution in [0.4, 0.5) is 10.5 Å². The Morgan fingerprint density at radius 1 is 0.848 bits per heavy atom. The van der Waals surface area contributed by atoms with Crippen molar-refractivity contribution in [2.75, 3.05) is 4.90 Å². The maximum Gasteiger partial charge on any atom is 0.345 e. The Labute approximate surface area is 212 Å². The van der Waals surface area contributed by atoms with Crippen LogP contribution in [0, 0.1) is 0 Å². The molecule has 0 unspecified atom stereocenters. The average Bonchev–Trinajstić information content (AvgIpc) is 3.04. The molecule has 10 heteroatoms. The SMILES string of the molecule is O=C(Oc1ccc(C=C2SC(=O)N(c3ccc(Cl)c(Cl)c3)C2=O)cc1)c1ccc(Cl)cc1Cl. The highest BCUT2D eigenvalue weighted by atomic mass is 35.5. The molecule has 0 aromatic heterocycles. The van der Waals surface area contributed by atoms with E-state index in [1.807, 2.05) is 0 Å². The second-order valence-corrected chi connectivity index (χ2v) is 9.35. The first-order chi connectivity index (χ1) is 15.7. The van der Waals surface area contributed by atoms with Crippen LogP contribution in [0.1, 0.15) is 15.9 Å². The number of halogens is 4. The van der Waals surface area contributed by atoms with Crippen molar-refractivity contribution < 1.29 is 19.1 Å². The third-order valence-corrected chi connectivity index (χ3v) is 6.65. The fourth-order valence-electron chi connectivity index (χ4n) is 2.91. The van der Waals surface area contributed by atoms with Gasteiger partial charge in [-0.1, -0.05) is 58.5 Å². The maximum atomic E-state index is 12.8. The van der Waals surface area contributed by atoms with Crippen molar-refractivity contribution in [3.05, 3.63) is 96.8 Å². The first-order valence-corrected chi connectivity index (χ1v) is 11.6. The number of imide groups is 1. The predicted molar refractivity (Wildman–Crippen MR) is 133 cm³/mol. The van der Waals surface area contributed by atoms with Crippen LogP contribution in [0.15, 0.2) is 65.6 Å². The van der Waals surface area contributed by atoms with Crippen LogP contribution in [0.2, 0.25) is 20.1 Å². The number of carbonyl (C=O) groups excluding carboxylic acids is 3. The lowest BCUT2D eigenvalue weighted by Crippen LogP contribution is -2.27. The highest BCUT2D eigenvalue weighted by Gasteiger charge is 2.36. The van der Waals surface area contributed by atoms with Crippen molar-refractivity contribution in [1.29, 1.82) is 0 Å². The largest absolute Gasteiger partial charge is 0.423 e. The molecule has 5 nitrogen and oxygen atoms in total. The predicted octanol–water partition coefficient (Wildman–Crippen LogP) is 7.76. The monoisotopic (exact) mass is 537 g/mol. The third-order valence-electron chi connectivity index (χ3n) is 4.49. The zero-order chi connectivity index (χ0) is 23.7. The summed E-state index contributed by atoms with van der Waals surface area (Å²) in [5.74, 6) is -0.824. The van der Waals surface area contributed by atoms with Crippen molar-refractivity contribution in [2.45, 2.75) is 0 Å². The Morgan fingerprint density at radius 3 is 2.24 bits per heavy atom. The van der Waals surface area contributed by atoms with Crippen molar-refractivity contribution in [1.82, 2.24) is 0 Å². The number of anilines is 1. The van der Waals surface area contributed by atoms with Crippen LogP contribution in [-0.2, 0) is 4.79 Å². The van der Waals surface area contributed by atoms with E-state index < -0.39 is 17.1 Å². The fraction of sp³-hybridized carbons (Fsp3) is 0. The first kappa shape index (κ1) is 23.7. The van der Waals surface area contributed by atoms with Crippen LogP contribution >= 0.6 is 58.2 Å². The summed E-state index contributed by atoms with van der Waals surface area (Å²) >= 11 is 24.6. The molecule has 0 aliphatic carbocycles. The second kappa shape index (κ2) is 9.79. The summed E-state index contributed by atoms with van der Waals surface area (Å²) in [7, 11) is 0. The normalized spacial score (nSPS) is 14.8. The average molecular weight is 539 g/mol. The van der Waals surface area contributed by atoms with E-state index in [4.69, 9.17) is 51.1 Å². The number of amides is 2. The van der Waals surface area contributed by atoms with Gasteiger partial charge >= 0.3 is 5.97 Å². The first-order valence-electron chi connectivity index (χ1n) is 9.23. The minimum absolute atomic E-state index is 0.182. The van der Waals surface area contributed by atoms with Gasteiger partial charge in [0.2, 0.25) is 0 Å². The van der Waals surface area contributed by atoms with Gasteiger partial charge in [-0.15, -0.1) is 0 Å². The maximum absolute atomic E-state index is 12.8. The van der Waals surface area contributed by atoms with E-state index in [9.17, 15) is 14.4 Å². The number of benzene rings is 3. The van der Waals surface area contributed by atoms with Crippen LogP contribution in [0.3, 0.4) is 0 Å². The van der Waals surface area contributed by atoms with Gasteiger partial charge in [0.05, 0.1) is 31.2 Å². The summed E-state index contributed by atoms with van der Waals surface area (Å²) < 4.78 is 5.34. The standard InChI is InChI=1S/C23H11Cl4NO4S/c24-13-3-7-16(18(26)10-13)22(30)32-15-5-1-12(2-6-15)9-20-21(29)28(23(31)33-20)14-4-8-17(25)19(27)11-14/h1-11H. The third kappa shape index (κ3) is 5.21. The topological polar surface area (TPSA) is 63.7 Å². The number of ether oxygens (including phenoxy) is 1. The van der Waals surface area contributed by atoms with Crippen molar-refractivity contribution in [2.24, 2.45) is 0 Å². The van der Waals surface area contributed by atoms with Crippen LogP contribution in [0.5, 0.6) is 5.75 Å². The van der Waals surface area contributed by atoms with E-state index in [1.54, 1.807) is 36.4 Å². The minimum atomic E-state index is -0.632. The molecule has 3 aromatic rings. The Hall–Kier alpha value is -2.48. The summed E-state index contributed by atoms with van der Waals surface area (Å²) in [4.78, 5) is 38.8. The van der Waals surface area contributed by atoms with Crippen LogP contribution in [-0.4, -0.2) is 17.1 Å². The van der Waals surface area contributed by atoms with Crippen molar-refractivity contribution in [3.63, 3.8) is 0 Å². The lowest BCUT2D eigenvalue weighted by molar-refractivity contribution is -0.113. The molecule has 0 N–H and O–H groups in total. The smallest absolute Gasteiger partial charge is 0.345 e. The van der Waals surface area contributed by atoms with E-state index in [0.717, 1.165) is 16.7 Å². The zero-order valence-corrected chi connectivity index (χ0v) is 20.2. The molecule has 0 spiro atoms. The van der Waals surface area contributed by atoms with Gasteiger partial charge in [-0.2, -0.15) is 0 Å². The van der Waals surface area contributed by atoms with Gasteiger partial charge < -0.3 is 4.74 Å². The molecule has 33 heavy (non-hydrogen) atoms. The van der Waals surface area contributed by atoms with Gasteiger partial charge in [0.1, 0.15) is 5.75 Å². The number of esters is 1. The van der Waals surface area contributed by atoms with Crippen molar-refractivity contribution >= 4 is 87.0 Å². The molecule has 0 atom stereocenters. The number of thioether (sulfide) groups is 1. The molecule has 1 aliphatic rings. The molecule has 3 aromatic carbocycles. The van der Waals surface area contributed by atoms with Gasteiger partial charge in [0.15, 0.2) is 0 Å². The highest BCUT2D eigenvalue weighted by molar-refractivity contribution is 8.19. The van der Waals surface area contributed by atoms with Gasteiger partial charge in [-0.3, -0.25) is 9.59 Å². The molecule has 0 saturated carbocycles. The van der Waals surface area contributed by atoms with E-state index in [1.165, 1.54) is 30.3 Å². The van der Waals surface area contributed by atoms with Crippen molar-refractivity contribution in [3.8, 4) is 5.75 Å². The number of carbonyl (C=O) groups is 3. The summed E-state index contributed by atoms with van der Waals surface area (Å²) in [6.07, 6.45) is 1.57. The molecule has 1 saturated heterocycles. The van der Waals surface area contributed by atoms with Gasteiger partial charge in [-0.05, 0) is 71.9 Å². The van der Waals surface area contributed by atoms with Crippen LogP contribution < -0.4 is 9.64 Å². The van der Waals surface area contributed by atoms with Gasteiger partial charge in [-0.25, -0.2) is 9.69 Å². The van der Waals surface area contributed by atoms with Crippen LogP contribution in [0.25, 0.3) is 6.08 Å². The Bertz CT molecular complexity index is 1320. The van der Waals surface area contributed by atoms with E-state index >= 15 is 0 Å². The molecule has 4 rings (SSSR count). The Morgan fingerprint density at radius 2 is 1.58 bits per heavy atom. The number of nitrogens with zero attached hydrogens (tertiary/aromatic N) is 1. The molecule has 0 radical (unpaired) electrons. The zero-order valence-electron chi connectivity index (χ0n) is 16.4. The van der Waals surface area contributed by atoms with Gasteiger partial charge in [0, 0.05) is 5.02 Å². The summed E-state index contributed by atoms with van der Waals surface area (Å²) in [5, 5.41) is 0.700. The summed E-state index contributed by atoms with van der Waals surface area (Å²) in [6.45, 7) is 0. The molecular formula is C23H11Cl4NO4S. The number of hydrogen-bond donors (Lipinski definition) is 0. The lowest BCUT2D eigenvalue weighted by Gasteiger charge is -2.13. The number of hydrogen-bond acceptors (Lipinski definition) is 5. The highest BCUT2D eigenvalue weighted by Crippen LogP contribution is 2.37. The molecule has 1 fully saturated rings. The quantitative estimate of drug-likeness (QED) is 0.193. The summed E-state index contributed by atoms with van der Waals surface area (Å²) in [5.41, 5.74) is 1.15. The summed E-state index contributed by atoms with van der Waals surface area (Å²) in [6, 6.07) is 15.4. The molecule has 2 amide bonds. The molecule has 0 bridgehead atoms. The Kier molecular flexibility index (Phi) is 7.02. The Balaban J connectivity index is 1.49. The van der Waals surface area contributed by atoms with E-state index in [0.29, 0.717) is 21.3 Å². The fourth-order valence-corrected chi connectivity index (χ4v) is 4.53. The molecule has 1 aliphatic heterocycles. The molecule has 166 valence electrons. The molecule has 1 heterocycles. The second-order valence-electron chi connectivity index (χ2n) is 6.70. The molecular weight excluding hydrogens is 528 g/mol. The van der Waals surface area contributed by atoms with E-state index in [-0.39, 0.29) is 26.3 Å². The number of rotatable bonds is 4. The van der Waals surface area contributed by atoms with E-state index in [2.05, 4.69) is 0 Å². The van der Waals surface area contributed by atoms with Gasteiger partial charge in [0.25, 0.3) is 11.1 Å². The minimum Gasteiger partial charge on any atom is -0.423 e.